The van der Waals surface area contributed by atoms with Gasteiger partial charge >= 0.3 is 5.97 Å². The van der Waals surface area contributed by atoms with E-state index in [1.54, 1.807) is 19.3 Å². The Kier molecular flexibility index (Phi) is 5.23. The van der Waals surface area contributed by atoms with Gasteiger partial charge in [0, 0.05) is 12.1 Å². The van der Waals surface area contributed by atoms with Gasteiger partial charge in [-0.1, -0.05) is 24.3 Å². The molecule has 0 radical (unpaired) electrons. The van der Waals surface area contributed by atoms with E-state index in [9.17, 15) is 4.79 Å². The standard InChI is InChI=1S/C13H17NO3/c1-4-9-14-12(13(15)17-3)10-7-5-6-8-11(10)16-2/h4-8,12,14H,1,9H2,2-3H3. The number of esters is 1. The van der Waals surface area contributed by atoms with Crippen LogP contribution in [-0.4, -0.2) is 26.7 Å². The average molecular weight is 235 g/mol. The van der Waals surface area contributed by atoms with Crippen molar-refractivity contribution in [3.63, 3.8) is 0 Å². The van der Waals surface area contributed by atoms with Gasteiger partial charge in [0.25, 0.3) is 0 Å². The third kappa shape index (κ3) is 3.32. The number of para-hydroxylation sites is 1. The monoisotopic (exact) mass is 235 g/mol. The van der Waals surface area contributed by atoms with Crippen molar-refractivity contribution in [3.05, 3.63) is 42.5 Å². The first-order chi connectivity index (χ1) is 8.24. The van der Waals surface area contributed by atoms with Crippen molar-refractivity contribution in [2.75, 3.05) is 20.8 Å². The second-order valence-corrected chi connectivity index (χ2v) is 3.40. The molecule has 0 aliphatic heterocycles. The van der Waals surface area contributed by atoms with Gasteiger partial charge in [0.2, 0.25) is 0 Å². The van der Waals surface area contributed by atoms with Crippen molar-refractivity contribution < 1.29 is 14.3 Å². The van der Waals surface area contributed by atoms with E-state index in [0.717, 1.165) is 5.56 Å². The molecule has 0 saturated heterocycles. The zero-order valence-corrected chi connectivity index (χ0v) is 10.1. The molecule has 1 N–H and O–H groups in total. The molecule has 0 spiro atoms. The van der Waals surface area contributed by atoms with Crippen molar-refractivity contribution in [1.29, 1.82) is 0 Å². The number of carbonyl (C=O) groups excluding carboxylic acids is 1. The molecule has 1 rings (SSSR count). The van der Waals surface area contributed by atoms with E-state index in [1.807, 2.05) is 18.2 Å². The Morgan fingerprint density at radius 3 is 2.76 bits per heavy atom. The quantitative estimate of drug-likeness (QED) is 0.602. The Bertz CT molecular complexity index is 390. The smallest absolute Gasteiger partial charge is 0.327 e. The molecule has 0 fully saturated rings. The van der Waals surface area contributed by atoms with Gasteiger partial charge in [0.15, 0.2) is 0 Å². The summed E-state index contributed by atoms with van der Waals surface area (Å²) in [5.41, 5.74) is 0.753. The maximum absolute atomic E-state index is 11.7. The molecule has 0 aromatic heterocycles. The van der Waals surface area contributed by atoms with E-state index in [0.29, 0.717) is 12.3 Å². The minimum atomic E-state index is -0.547. The van der Waals surface area contributed by atoms with Crippen LogP contribution in [0.5, 0.6) is 5.75 Å². The summed E-state index contributed by atoms with van der Waals surface area (Å²) in [6.45, 7) is 4.12. The van der Waals surface area contributed by atoms with E-state index in [4.69, 9.17) is 9.47 Å². The fraction of sp³-hybridized carbons (Fsp3) is 0.308. The van der Waals surface area contributed by atoms with E-state index < -0.39 is 6.04 Å². The first kappa shape index (κ1) is 13.3. The first-order valence-electron chi connectivity index (χ1n) is 5.29. The Morgan fingerprint density at radius 2 is 2.18 bits per heavy atom. The van der Waals surface area contributed by atoms with Crippen LogP contribution in [-0.2, 0) is 9.53 Å². The zero-order chi connectivity index (χ0) is 12.7. The summed E-state index contributed by atoms with van der Waals surface area (Å²) in [6, 6.07) is 6.79. The van der Waals surface area contributed by atoms with Gasteiger partial charge in [0.1, 0.15) is 11.8 Å². The number of carbonyl (C=O) groups is 1. The Balaban J connectivity index is 3.02. The molecule has 0 heterocycles. The van der Waals surface area contributed by atoms with E-state index in [-0.39, 0.29) is 5.97 Å². The fourth-order valence-electron chi connectivity index (χ4n) is 1.54. The minimum absolute atomic E-state index is 0.351. The summed E-state index contributed by atoms with van der Waals surface area (Å²) in [5.74, 6) is 0.302. The van der Waals surface area contributed by atoms with Crippen LogP contribution in [0.4, 0.5) is 0 Å². The van der Waals surface area contributed by atoms with Crippen molar-refractivity contribution in [1.82, 2.24) is 5.32 Å². The molecule has 0 amide bonds. The molecule has 17 heavy (non-hydrogen) atoms. The molecule has 0 saturated carbocycles. The molecule has 1 atom stereocenters. The third-order valence-electron chi connectivity index (χ3n) is 2.35. The first-order valence-corrected chi connectivity index (χ1v) is 5.29. The highest BCUT2D eigenvalue weighted by atomic mass is 16.5. The fourth-order valence-corrected chi connectivity index (χ4v) is 1.54. The van der Waals surface area contributed by atoms with Gasteiger partial charge < -0.3 is 9.47 Å². The van der Waals surface area contributed by atoms with Crippen LogP contribution in [0, 0.1) is 0 Å². The lowest BCUT2D eigenvalue weighted by Crippen LogP contribution is -2.30. The summed E-state index contributed by atoms with van der Waals surface area (Å²) in [4.78, 5) is 11.7. The van der Waals surface area contributed by atoms with Gasteiger partial charge in [-0.2, -0.15) is 0 Å². The van der Waals surface area contributed by atoms with Gasteiger partial charge in [-0.3, -0.25) is 5.32 Å². The predicted molar refractivity (Wildman–Crippen MR) is 66.0 cm³/mol. The maximum Gasteiger partial charge on any atom is 0.327 e. The van der Waals surface area contributed by atoms with E-state index in [1.165, 1.54) is 7.11 Å². The Hall–Kier alpha value is -1.81. The highest BCUT2D eigenvalue weighted by molar-refractivity contribution is 5.78. The van der Waals surface area contributed by atoms with E-state index >= 15 is 0 Å². The molecular formula is C13H17NO3. The molecule has 1 unspecified atom stereocenters. The average Bonchev–Trinajstić information content (AvgIpc) is 2.39. The van der Waals surface area contributed by atoms with Crippen LogP contribution < -0.4 is 10.1 Å². The largest absolute Gasteiger partial charge is 0.496 e. The number of ether oxygens (including phenoxy) is 2. The van der Waals surface area contributed by atoms with Crippen LogP contribution in [0.1, 0.15) is 11.6 Å². The molecule has 1 aromatic carbocycles. The number of nitrogens with one attached hydrogen (secondary N) is 1. The van der Waals surface area contributed by atoms with Crippen LogP contribution in [0.15, 0.2) is 36.9 Å². The lowest BCUT2D eigenvalue weighted by molar-refractivity contribution is -0.143. The van der Waals surface area contributed by atoms with Crippen LogP contribution in [0.3, 0.4) is 0 Å². The molecule has 0 aliphatic rings. The van der Waals surface area contributed by atoms with Gasteiger partial charge in [0.05, 0.1) is 14.2 Å². The Morgan fingerprint density at radius 1 is 1.47 bits per heavy atom. The number of hydrogen-bond donors (Lipinski definition) is 1. The number of benzene rings is 1. The summed E-state index contributed by atoms with van der Waals surface area (Å²) in [6.07, 6.45) is 1.69. The van der Waals surface area contributed by atoms with E-state index in [2.05, 4.69) is 11.9 Å². The van der Waals surface area contributed by atoms with Crippen molar-refractivity contribution >= 4 is 5.97 Å². The summed E-state index contributed by atoms with van der Waals surface area (Å²) in [7, 11) is 2.93. The van der Waals surface area contributed by atoms with Gasteiger partial charge in [-0.05, 0) is 6.07 Å². The molecule has 0 bridgehead atoms. The molecule has 0 aliphatic carbocycles. The zero-order valence-electron chi connectivity index (χ0n) is 10.1. The van der Waals surface area contributed by atoms with Crippen molar-refractivity contribution in [2.45, 2.75) is 6.04 Å². The summed E-state index contributed by atoms with van der Waals surface area (Å²) < 4.78 is 10.00. The SMILES string of the molecule is C=CCNC(C(=O)OC)c1ccccc1OC. The highest BCUT2D eigenvalue weighted by Crippen LogP contribution is 2.25. The minimum Gasteiger partial charge on any atom is -0.496 e. The lowest BCUT2D eigenvalue weighted by atomic mass is 10.1. The number of rotatable bonds is 6. The highest BCUT2D eigenvalue weighted by Gasteiger charge is 2.23. The molecular weight excluding hydrogens is 218 g/mol. The van der Waals surface area contributed by atoms with Gasteiger partial charge in [-0.15, -0.1) is 6.58 Å². The van der Waals surface area contributed by atoms with Crippen molar-refractivity contribution in [3.8, 4) is 5.75 Å². The predicted octanol–water partition coefficient (Wildman–Crippen LogP) is 1.68. The van der Waals surface area contributed by atoms with Crippen LogP contribution >= 0.6 is 0 Å². The molecule has 92 valence electrons. The second kappa shape index (κ2) is 6.70. The van der Waals surface area contributed by atoms with Crippen LogP contribution in [0.25, 0.3) is 0 Å². The van der Waals surface area contributed by atoms with Crippen LogP contribution in [0.2, 0.25) is 0 Å². The second-order valence-electron chi connectivity index (χ2n) is 3.40. The van der Waals surface area contributed by atoms with Gasteiger partial charge in [-0.25, -0.2) is 4.79 Å². The summed E-state index contributed by atoms with van der Waals surface area (Å²) >= 11 is 0. The topological polar surface area (TPSA) is 47.6 Å². The lowest BCUT2D eigenvalue weighted by Gasteiger charge is -2.18. The normalized spacial score (nSPS) is 11.6. The number of hydrogen-bond acceptors (Lipinski definition) is 4. The molecule has 4 heteroatoms. The third-order valence-corrected chi connectivity index (χ3v) is 2.35. The van der Waals surface area contributed by atoms with Crippen molar-refractivity contribution in [2.24, 2.45) is 0 Å². The maximum atomic E-state index is 11.7. The summed E-state index contributed by atoms with van der Waals surface area (Å²) in [5, 5.41) is 3.04. The molecule has 4 nitrogen and oxygen atoms in total. The number of methoxy groups -OCH3 is 2. The molecule has 1 aromatic rings. The Labute approximate surface area is 101 Å².